The van der Waals surface area contributed by atoms with E-state index in [-0.39, 0.29) is 0 Å². The molecule has 0 aromatic rings. The summed E-state index contributed by atoms with van der Waals surface area (Å²) in [5.74, 6) is 0. The van der Waals surface area contributed by atoms with Crippen LogP contribution in [0.4, 0.5) is 0 Å². The molecular formula is C29H64N2Si2. The summed E-state index contributed by atoms with van der Waals surface area (Å²) >= 11 is 0. The van der Waals surface area contributed by atoms with Gasteiger partial charge in [0.05, 0.1) is 8.07 Å². The number of hydrogen-bond acceptors (Lipinski definition) is 2. The summed E-state index contributed by atoms with van der Waals surface area (Å²) in [6.45, 7) is 26.5. The van der Waals surface area contributed by atoms with Crippen LogP contribution >= 0.6 is 0 Å². The number of hydrogen-bond donors (Lipinski definition) is 0. The second-order valence-corrected chi connectivity index (χ2v) is 20.5. The molecule has 0 unspecified atom stereocenters. The topological polar surface area (TPSA) is 6.48 Å². The molecule has 0 amide bonds. The van der Waals surface area contributed by atoms with Gasteiger partial charge < -0.3 is 9.13 Å². The first-order valence-electron chi connectivity index (χ1n) is 14.9. The number of nitrogens with zero attached hydrogens (tertiary/aromatic N) is 2. The fourth-order valence-corrected chi connectivity index (χ4v) is 10.8. The molecule has 0 saturated carbocycles. The van der Waals surface area contributed by atoms with E-state index in [0.29, 0.717) is 0 Å². The standard InChI is InChI=1S/C29H64N2Si2/c1-9-14-24-30(25-15-10-2)33(8,31(26-16-11-3)27-17-12-4)29-23-21-19-18-20-22-28-32(6,7)13-5/h13H,5,9-12,14-29H2,1-4,6-8H3. The maximum Gasteiger partial charge on any atom is 0.203 e. The van der Waals surface area contributed by atoms with Crippen LogP contribution in [-0.4, -0.2) is 51.8 Å². The van der Waals surface area contributed by atoms with Gasteiger partial charge in [-0.05, 0) is 64.5 Å². The Hall–Kier alpha value is 0.0938. The molecule has 0 atom stereocenters. The van der Waals surface area contributed by atoms with Crippen molar-refractivity contribution >= 4 is 16.5 Å². The van der Waals surface area contributed by atoms with Crippen molar-refractivity contribution in [2.45, 2.75) is 149 Å². The molecule has 198 valence electrons. The van der Waals surface area contributed by atoms with Crippen LogP contribution in [0.5, 0.6) is 0 Å². The molecule has 0 aromatic carbocycles. The van der Waals surface area contributed by atoms with E-state index < -0.39 is 16.5 Å². The summed E-state index contributed by atoms with van der Waals surface area (Å²) in [5, 5.41) is 0. The van der Waals surface area contributed by atoms with Gasteiger partial charge in [-0.2, -0.15) is 0 Å². The molecule has 2 nitrogen and oxygen atoms in total. The van der Waals surface area contributed by atoms with Crippen molar-refractivity contribution in [2.24, 2.45) is 0 Å². The van der Waals surface area contributed by atoms with Gasteiger partial charge in [-0.25, -0.2) is 0 Å². The van der Waals surface area contributed by atoms with E-state index in [4.69, 9.17) is 0 Å². The second kappa shape index (κ2) is 20.3. The summed E-state index contributed by atoms with van der Waals surface area (Å²) < 4.78 is 6.07. The maximum atomic E-state index is 4.05. The van der Waals surface area contributed by atoms with Crippen molar-refractivity contribution < 1.29 is 0 Å². The van der Waals surface area contributed by atoms with Gasteiger partial charge in [-0.15, -0.1) is 12.3 Å². The lowest BCUT2D eigenvalue weighted by Gasteiger charge is -2.48. The molecule has 0 aliphatic heterocycles. The Morgan fingerprint density at radius 3 is 1.18 bits per heavy atom. The zero-order chi connectivity index (χ0) is 25.0. The summed E-state index contributed by atoms with van der Waals surface area (Å²) in [4.78, 5) is 0. The predicted octanol–water partition coefficient (Wildman–Crippen LogP) is 9.64. The molecule has 0 saturated heterocycles. The van der Waals surface area contributed by atoms with Gasteiger partial charge in [0.1, 0.15) is 0 Å². The average molecular weight is 497 g/mol. The highest BCUT2D eigenvalue weighted by Gasteiger charge is 2.39. The van der Waals surface area contributed by atoms with Gasteiger partial charge in [0.15, 0.2) is 0 Å². The van der Waals surface area contributed by atoms with Crippen LogP contribution in [0.1, 0.15) is 118 Å². The molecule has 0 aliphatic rings. The Morgan fingerprint density at radius 2 is 0.848 bits per heavy atom. The first kappa shape index (κ1) is 33.1. The van der Waals surface area contributed by atoms with Crippen molar-refractivity contribution in [1.82, 2.24) is 9.13 Å². The van der Waals surface area contributed by atoms with E-state index in [2.05, 4.69) is 68.7 Å². The lowest BCUT2D eigenvalue weighted by atomic mass is 10.1. The first-order chi connectivity index (χ1) is 15.8. The highest BCUT2D eigenvalue weighted by atomic mass is 28.3. The van der Waals surface area contributed by atoms with Crippen LogP contribution < -0.4 is 0 Å². The Kier molecular flexibility index (Phi) is 20.4. The minimum atomic E-state index is -1.60. The lowest BCUT2D eigenvalue weighted by molar-refractivity contribution is 0.303. The van der Waals surface area contributed by atoms with Crippen LogP contribution in [0.15, 0.2) is 12.3 Å². The Labute approximate surface area is 213 Å². The van der Waals surface area contributed by atoms with Crippen molar-refractivity contribution in [3.63, 3.8) is 0 Å². The van der Waals surface area contributed by atoms with E-state index in [1.807, 2.05) is 0 Å². The molecule has 0 N–H and O–H groups in total. The van der Waals surface area contributed by atoms with E-state index in [9.17, 15) is 0 Å². The molecule has 0 spiro atoms. The normalized spacial score (nSPS) is 12.8. The van der Waals surface area contributed by atoms with Crippen molar-refractivity contribution in [3.05, 3.63) is 12.3 Å². The zero-order valence-corrected chi connectivity index (χ0v) is 26.3. The fraction of sp³-hybridized carbons (Fsp3) is 0.931. The number of unbranched alkanes of at least 4 members (excludes halogenated alkanes) is 9. The van der Waals surface area contributed by atoms with E-state index in [1.165, 1.54) is 128 Å². The van der Waals surface area contributed by atoms with E-state index in [1.54, 1.807) is 0 Å². The molecule has 0 radical (unpaired) electrons. The SMILES string of the molecule is C=C[Si](C)(C)CCCCCCCC[Si](C)(N(CCCC)CCCC)N(CCCC)CCCC. The quantitative estimate of drug-likeness (QED) is 0.0968. The van der Waals surface area contributed by atoms with Gasteiger partial charge in [-0.3, -0.25) is 0 Å². The van der Waals surface area contributed by atoms with Gasteiger partial charge in [-0.1, -0.05) is 111 Å². The minimum absolute atomic E-state index is 1.09. The van der Waals surface area contributed by atoms with Crippen molar-refractivity contribution in [2.75, 3.05) is 26.2 Å². The van der Waals surface area contributed by atoms with Gasteiger partial charge >= 0.3 is 0 Å². The Bertz CT molecular complexity index is 417. The highest BCUT2D eigenvalue weighted by Crippen LogP contribution is 2.27. The number of rotatable bonds is 24. The fourth-order valence-electron chi connectivity index (χ4n) is 4.95. The summed E-state index contributed by atoms with van der Waals surface area (Å²) in [6, 6.07) is 2.90. The van der Waals surface area contributed by atoms with Crippen LogP contribution in [0.25, 0.3) is 0 Å². The maximum absolute atomic E-state index is 4.05. The molecule has 0 aliphatic carbocycles. The lowest BCUT2D eigenvalue weighted by Crippen LogP contribution is -2.64. The van der Waals surface area contributed by atoms with Gasteiger partial charge in [0.25, 0.3) is 0 Å². The minimum Gasteiger partial charge on any atom is -0.312 e. The third kappa shape index (κ3) is 14.9. The van der Waals surface area contributed by atoms with Crippen LogP contribution in [0.3, 0.4) is 0 Å². The summed E-state index contributed by atoms with van der Waals surface area (Å²) in [5.41, 5.74) is 2.27. The van der Waals surface area contributed by atoms with E-state index in [0.717, 1.165) is 0 Å². The summed E-state index contributed by atoms with van der Waals surface area (Å²) in [7, 11) is -2.69. The first-order valence-corrected chi connectivity index (χ1v) is 20.8. The molecule has 0 heterocycles. The smallest absolute Gasteiger partial charge is 0.203 e. The van der Waals surface area contributed by atoms with Crippen LogP contribution in [0, 0.1) is 0 Å². The molecule has 0 aromatic heterocycles. The summed E-state index contributed by atoms with van der Waals surface area (Å²) in [6.07, 6.45) is 19.4. The van der Waals surface area contributed by atoms with Gasteiger partial charge in [0, 0.05) is 0 Å². The zero-order valence-electron chi connectivity index (χ0n) is 24.3. The molecular weight excluding hydrogens is 433 g/mol. The third-order valence-electron chi connectivity index (χ3n) is 7.76. The predicted molar refractivity (Wildman–Crippen MR) is 159 cm³/mol. The van der Waals surface area contributed by atoms with Crippen molar-refractivity contribution in [3.8, 4) is 0 Å². The van der Waals surface area contributed by atoms with Gasteiger partial charge in [0.2, 0.25) is 8.40 Å². The molecule has 4 heteroatoms. The Morgan fingerprint density at radius 1 is 0.515 bits per heavy atom. The van der Waals surface area contributed by atoms with Crippen LogP contribution in [-0.2, 0) is 0 Å². The third-order valence-corrected chi connectivity index (χ3v) is 15.4. The average Bonchev–Trinajstić information content (AvgIpc) is 2.80. The molecule has 0 bridgehead atoms. The monoisotopic (exact) mass is 496 g/mol. The molecule has 0 rings (SSSR count). The largest absolute Gasteiger partial charge is 0.312 e. The highest BCUT2D eigenvalue weighted by molar-refractivity contribution is 6.82. The van der Waals surface area contributed by atoms with E-state index >= 15 is 0 Å². The Balaban J connectivity index is 5.02. The van der Waals surface area contributed by atoms with Crippen LogP contribution in [0.2, 0.25) is 31.7 Å². The molecule has 0 fully saturated rings. The second-order valence-electron chi connectivity index (χ2n) is 11.4. The van der Waals surface area contributed by atoms with Crippen molar-refractivity contribution in [1.29, 1.82) is 0 Å². The molecule has 33 heavy (non-hydrogen) atoms.